The maximum atomic E-state index is 11.8. The number of anilines is 1. The minimum atomic E-state index is -0.135. The molecule has 1 rings (SSSR count). The Morgan fingerprint density at radius 2 is 1.95 bits per heavy atom. The lowest BCUT2D eigenvalue weighted by atomic mass is 10.2. The molecule has 0 aliphatic heterocycles. The van der Waals surface area contributed by atoms with Crippen LogP contribution >= 0.6 is 11.6 Å². The lowest BCUT2D eigenvalue weighted by Crippen LogP contribution is -2.28. The number of hydrogen-bond donors (Lipinski definition) is 2. The maximum absolute atomic E-state index is 11.8. The summed E-state index contributed by atoms with van der Waals surface area (Å²) in [4.78, 5) is 11.8. The Morgan fingerprint density at radius 3 is 2.55 bits per heavy atom. The molecule has 0 aliphatic rings. The number of carbonyl (C=O) groups is 1. The Morgan fingerprint density at radius 1 is 1.25 bits per heavy atom. The van der Waals surface area contributed by atoms with Crippen LogP contribution < -0.4 is 20.1 Å². The van der Waals surface area contributed by atoms with Crippen molar-refractivity contribution in [1.29, 1.82) is 0 Å². The fourth-order valence-corrected chi connectivity index (χ4v) is 1.89. The number of hydrogen-bond acceptors (Lipinski definition) is 4. The summed E-state index contributed by atoms with van der Waals surface area (Å²) in [5.41, 5.74) is 0.538. The Bertz CT molecular complexity index is 452. The second-order valence-electron chi connectivity index (χ2n) is 4.27. The monoisotopic (exact) mass is 300 g/mol. The van der Waals surface area contributed by atoms with Gasteiger partial charge in [-0.1, -0.05) is 24.9 Å². The van der Waals surface area contributed by atoms with E-state index in [1.54, 1.807) is 12.1 Å². The minimum absolute atomic E-state index is 0.135. The molecule has 0 fully saturated rings. The van der Waals surface area contributed by atoms with E-state index in [0.717, 1.165) is 19.4 Å². The topological polar surface area (TPSA) is 59.6 Å². The first kappa shape index (κ1) is 16.6. The molecule has 112 valence electrons. The van der Waals surface area contributed by atoms with Gasteiger partial charge < -0.3 is 20.1 Å². The summed E-state index contributed by atoms with van der Waals surface area (Å²) in [7, 11) is 3.04. The summed E-state index contributed by atoms with van der Waals surface area (Å²) in [6, 6.07) is 3.26. The molecule has 1 amide bonds. The van der Waals surface area contributed by atoms with Crippen molar-refractivity contribution in [3.63, 3.8) is 0 Å². The molecule has 0 radical (unpaired) electrons. The van der Waals surface area contributed by atoms with Gasteiger partial charge in [0.2, 0.25) is 5.91 Å². The molecule has 0 saturated carbocycles. The summed E-state index contributed by atoms with van der Waals surface area (Å²) >= 11 is 6.01. The Balaban J connectivity index is 2.68. The Hall–Kier alpha value is -1.46. The fraction of sp³-hybridized carbons (Fsp3) is 0.500. The van der Waals surface area contributed by atoms with Crippen LogP contribution in [-0.2, 0) is 4.79 Å². The molecule has 0 heterocycles. The largest absolute Gasteiger partial charge is 0.495 e. The van der Waals surface area contributed by atoms with Crippen LogP contribution in [0.1, 0.15) is 19.8 Å². The highest BCUT2D eigenvalue weighted by Gasteiger charge is 2.12. The van der Waals surface area contributed by atoms with Crippen molar-refractivity contribution in [3.05, 3.63) is 17.2 Å². The number of methoxy groups -OCH3 is 2. The van der Waals surface area contributed by atoms with Gasteiger partial charge in [-0.25, -0.2) is 0 Å². The number of ether oxygens (including phenoxy) is 2. The molecule has 0 atom stereocenters. The highest BCUT2D eigenvalue weighted by molar-refractivity contribution is 6.32. The zero-order valence-corrected chi connectivity index (χ0v) is 12.8. The minimum Gasteiger partial charge on any atom is -0.495 e. The lowest BCUT2D eigenvalue weighted by Gasteiger charge is -2.13. The first-order valence-electron chi connectivity index (χ1n) is 6.54. The van der Waals surface area contributed by atoms with Gasteiger partial charge in [-0.2, -0.15) is 0 Å². The summed E-state index contributed by atoms with van der Waals surface area (Å²) in [6.07, 6.45) is 2.14. The molecule has 1 aromatic rings. The smallest absolute Gasteiger partial charge is 0.238 e. The molecular formula is C14H21ClN2O3. The third-order valence-electron chi connectivity index (χ3n) is 2.74. The van der Waals surface area contributed by atoms with Gasteiger partial charge in [0.15, 0.2) is 0 Å². The number of rotatable bonds is 8. The van der Waals surface area contributed by atoms with Crippen LogP contribution in [-0.4, -0.2) is 33.2 Å². The maximum Gasteiger partial charge on any atom is 0.238 e. The van der Waals surface area contributed by atoms with Crippen molar-refractivity contribution in [2.45, 2.75) is 19.8 Å². The second kappa shape index (κ2) is 8.66. The molecular weight excluding hydrogens is 280 g/mol. The van der Waals surface area contributed by atoms with Gasteiger partial charge in [0, 0.05) is 12.1 Å². The normalized spacial score (nSPS) is 10.2. The van der Waals surface area contributed by atoms with Crippen LogP contribution in [0, 0.1) is 0 Å². The number of halogens is 1. The molecule has 6 heteroatoms. The molecule has 2 N–H and O–H groups in total. The predicted molar refractivity (Wildman–Crippen MR) is 81.0 cm³/mol. The summed E-state index contributed by atoms with van der Waals surface area (Å²) in [5.74, 6) is 0.850. The van der Waals surface area contributed by atoms with Crippen LogP contribution in [0.15, 0.2) is 12.1 Å². The second-order valence-corrected chi connectivity index (χ2v) is 4.67. The SMILES string of the molecule is CCCCNCC(=O)Nc1cc(OC)c(Cl)cc1OC. The predicted octanol–water partition coefficient (Wildman–Crippen LogP) is 2.69. The van der Waals surface area contributed by atoms with E-state index >= 15 is 0 Å². The average Bonchev–Trinajstić information content (AvgIpc) is 2.45. The molecule has 0 bridgehead atoms. The molecule has 0 saturated heterocycles. The van der Waals surface area contributed by atoms with Gasteiger partial charge in [-0.15, -0.1) is 0 Å². The number of amides is 1. The molecule has 0 unspecified atom stereocenters. The van der Waals surface area contributed by atoms with Crippen LogP contribution in [0.2, 0.25) is 5.02 Å². The number of carbonyl (C=O) groups excluding carboxylic acids is 1. The number of benzene rings is 1. The third-order valence-corrected chi connectivity index (χ3v) is 3.04. The van der Waals surface area contributed by atoms with Crippen molar-refractivity contribution < 1.29 is 14.3 Å². The third kappa shape index (κ3) is 4.90. The van der Waals surface area contributed by atoms with E-state index in [0.29, 0.717) is 22.2 Å². The van der Waals surface area contributed by atoms with Crippen molar-refractivity contribution >= 4 is 23.2 Å². The van der Waals surface area contributed by atoms with Crippen molar-refractivity contribution in [3.8, 4) is 11.5 Å². The highest BCUT2D eigenvalue weighted by Crippen LogP contribution is 2.35. The van der Waals surface area contributed by atoms with Gasteiger partial charge in [0.25, 0.3) is 0 Å². The zero-order chi connectivity index (χ0) is 15.0. The first-order chi connectivity index (χ1) is 9.62. The number of nitrogens with one attached hydrogen (secondary N) is 2. The van der Waals surface area contributed by atoms with Crippen LogP contribution in [0.5, 0.6) is 11.5 Å². The zero-order valence-electron chi connectivity index (χ0n) is 12.1. The van der Waals surface area contributed by atoms with Gasteiger partial charge >= 0.3 is 0 Å². The van der Waals surface area contributed by atoms with E-state index in [-0.39, 0.29) is 12.5 Å². The van der Waals surface area contributed by atoms with E-state index in [9.17, 15) is 4.79 Å². The Kier molecular flexibility index (Phi) is 7.18. The molecule has 1 aromatic carbocycles. The van der Waals surface area contributed by atoms with E-state index in [2.05, 4.69) is 17.6 Å². The van der Waals surface area contributed by atoms with E-state index in [1.165, 1.54) is 14.2 Å². The number of unbranched alkanes of at least 4 members (excludes halogenated alkanes) is 1. The van der Waals surface area contributed by atoms with Crippen LogP contribution in [0.4, 0.5) is 5.69 Å². The van der Waals surface area contributed by atoms with Crippen LogP contribution in [0.25, 0.3) is 0 Å². The van der Waals surface area contributed by atoms with E-state index < -0.39 is 0 Å². The quantitative estimate of drug-likeness (QED) is 0.725. The Labute approximate surface area is 124 Å². The summed E-state index contributed by atoms with van der Waals surface area (Å²) in [5, 5.41) is 6.28. The molecule has 5 nitrogen and oxygen atoms in total. The average molecular weight is 301 g/mol. The molecule has 0 aliphatic carbocycles. The van der Waals surface area contributed by atoms with E-state index in [1.807, 2.05) is 0 Å². The van der Waals surface area contributed by atoms with Gasteiger partial charge in [-0.05, 0) is 13.0 Å². The van der Waals surface area contributed by atoms with Crippen molar-refractivity contribution in [2.24, 2.45) is 0 Å². The summed E-state index contributed by atoms with van der Waals surface area (Å²) < 4.78 is 10.3. The highest BCUT2D eigenvalue weighted by atomic mass is 35.5. The van der Waals surface area contributed by atoms with Crippen molar-refractivity contribution in [1.82, 2.24) is 5.32 Å². The van der Waals surface area contributed by atoms with E-state index in [4.69, 9.17) is 21.1 Å². The fourth-order valence-electron chi connectivity index (χ4n) is 1.66. The van der Waals surface area contributed by atoms with Crippen LogP contribution in [0.3, 0.4) is 0 Å². The lowest BCUT2D eigenvalue weighted by molar-refractivity contribution is -0.115. The van der Waals surface area contributed by atoms with Gasteiger partial charge in [0.1, 0.15) is 11.5 Å². The summed E-state index contributed by atoms with van der Waals surface area (Å²) in [6.45, 7) is 3.19. The van der Waals surface area contributed by atoms with Gasteiger partial charge in [-0.3, -0.25) is 4.79 Å². The first-order valence-corrected chi connectivity index (χ1v) is 6.92. The van der Waals surface area contributed by atoms with Crippen molar-refractivity contribution in [2.75, 3.05) is 32.6 Å². The van der Waals surface area contributed by atoms with Gasteiger partial charge in [0.05, 0.1) is 31.5 Å². The standard InChI is InChI=1S/C14H21ClN2O3/c1-4-5-6-16-9-14(18)17-11-8-12(19-2)10(15)7-13(11)20-3/h7-8,16H,4-6,9H2,1-3H3,(H,17,18). The molecule has 0 aromatic heterocycles. The molecule has 0 spiro atoms. The molecule has 20 heavy (non-hydrogen) atoms.